The zero-order chi connectivity index (χ0) is 14.3. The molecule has 1 unspecified atom stereocenters. The maximum absolute atomic E-state index is 12.1. The van der Waals surface area contributed by atoms with Gasteiger partial charge in [0.15, 0.2) is 9.84 Å². The number of nitrogens with one attached hydrogen (secondary N) is 1. The second-order valence-electron chi connectivity index (χ2n) is 4.92. The Morgan fingerprint density at radius 3 is 2.79 bits per heavy atom. The third-order valence-corrected chi connectivity index (χ3v) is 5.21. The molecule has 1 aliphatic rings. The van der Waals surface area contributed by atoms with E-state index >= 15 is 0 Å². The first-order valence-corrected chi connectivity index (χ1v) is 7.86. The van der Waals surface area contributed by atoms with E-state index < -0.39 is 21.3 Å². The molecule has 0 aliphatic carbocycles. The van der Waals surface area contributed by atoms with Gasteiger partial charge in [-0.2, -0.15) is 0 Å². The van der Waals surface area contributed by atoms with Crippen LogP contribution in [0.15, 0.2) is 12.1 Å². The van der Waals surface area contributed by atoms with E-state index in [-0.39, 0.29) is 28.0 Å². The lowest BCUT2D eigenvalue weighted by atomic mass is 10.0. The van der Waals surface area contributed by atoms with Crippen molar-refractivity contribution in [3.05, 3.63) is 22.8 Å². The van der Waals surface area contributed by atoms with Gasteiger partial charge < -0.3 is 11.1 Å². The quantitative estimate of drug-likeness (QED) is 0.834. The number of carbonyl (C=O) groups is 1. The first-order chi connectivity index (χ1) is 8.71. The number of carbonyl (C=O) groups excluding carboxylic acids is 1. The number of nitrogen functional groups attached to an aromatic ring is 1. The minimum atomic E-state index is -3.09. The van der Waals surface area contributed by atoms with Gasteiger partial charge in [-0.1, -0.05) is 11.6 Å². The van der Waals surface area contributed by atoms with Crippen molar-refractivity contribution in [3.63, 3.8) is 0 Å². The molecule has 0 saturated carbocycles. The van der Waals surface area contributed by atoms with E-state index in [1.807, 2.05) is 0 Å². The fraction of sp³-hybridized carbons (Fsp3) is 0.455. The third-order valence-electron chi connectivity index (χ3n) is 3.00. The molecule has 1 aromatic rings. The molecular weight excluding hydrogens is 290 g/mol. The van der Waals surface area contributed by atoms with Crippen molar-refractivity contribution >= 4 is 33.2 Å². The van der Waals surface area contributed by atoms with E-state index in [0.29, 0.717) is 6.42 Å². The summed E-state index contributed by atoms with van der Waals surface area (Å²) in [7, 11) is -3.09. The molecule has 104 valence electrons. The number of nitrogens with two attached hydrogens (primary N) is 1. The Morgan fingerprint density at radius 1 is 1.53 bits per heavy atom. The zero-order valence-corrected chi connectivity index (χ0v) is 11.9. The van der Waals surface area contributed by atoms with Crippen LogP contribution in [0.3, 0.4) is 0 Å². The fourth-order valence-electron chi connectivity index (χ4n) is 2.06. The number of anilines is 1. The second kappa shape index (κ2) is 4.64. The first-order valence-electron chi connectivity index (χ1n) is 5.66. The smallest absolute Gasteiger partial charge is 0.271 e. The molecule has 1 aliphatic heterocycles. The van der Waals surface area contributed by atoms with E-state index in [1.165, 1.54) is 12.1 Å². The molecule has 1 atom stereocenters. The van der Waals surface area contributed by atoms with Crippen molar-refractivity contribution < 1.29 is 13.2 Å². The van der Waals surface area contributed by atoms with Crippen LogP contribution in [0.1, 0.15) is 23.8 Å². The minimum absolute atomic E-state index is 0.00666. The van der Waals surface area contributed by atoms with Crippen molar-refractivity contribution in [2.24, 2.45) is 0 Å². The summed E-state index contributed by atoms with van der Waals surface area (Å²) >= 11 is 5.88. The molecule has 19 heavy (non-hydrogen) atoms. The summed E-state index contributed by atoms with van der Waals surface area (Å²) in [4.78, 5) is 15.9. The molecule has 1 amide bonds. The number of pyridine rings is 1. The summed E-state index contributed by atoms with van der Waals surface area (Å²) < 4.78 is 22.9. The summed E-state index contributed by atoms with van der Waals surface area (Å²) in [6.07, 6.45) is 0.376. The summed E-state index contributed by atoms with van der Waals surface area (Å²) in [5, 5.41) is 2.85. The monoisotopic (exact) mass is 303 g/mol. The molecule has 2 rings (SSSR count). The highest BCUT2D eigenvalue weighted by Crippen LogP contribution is 2.24. The molecule has 1 fully saturated rings. The average Bonchev–Trinajstić information content (AvgIpc) is 2.56. The first kappa shape index (κ1) is 14.1. The van der Waals surface area contributed by atoms with Crippen LogP contribution in [0.25, 0.3) is 0 Å². The third kappa shape index (κ3) is 3.16. The zero-order valence-electron chi connectivity index (χ0n) is 10.3. The standard InChI is InChI=1S/C11H14ClN3O3S/c1-11(4-5-19(17,18)6-11)15-10(16)9-7(12)2-3-8(13)14-9/h2-3H,4-6H2,1H3,(H2,13,14)(H,15,16). The van der Waals surface area contributed by atoms with Crippen molar-refractivity contribution in [3.8, 4) is 0 Å². The lowest BCUT2D eigenvalue weighted by Gasteiger charge is -2.23. The van der Waals surface area contributed by atoms with Gasteiger partial charge in [0, 0.05) is 0 Å². The Bertz CT molecular complexity index is 632. The van der Waals surface area contributed by atoms with Gasteiger partial charge in [0.25, 0.3) is 5.91 Å². The number of hydrogen-bond donors (Lipinski definition) is 2. The van der Waals surface area contributed by atoms with Gasteiger partial charge in [0.05, 0.1) is 22.1 Å². The SMILES string of the molecule is CC1(NC(=O)c2nc(N)ccc2Cl)CCS(=O)(=O)C1. The maximum Gasteiger partial charge on any atom is 0.271 e. The largest absolute Gasteiger partial charge is 0.384 e. The van der Waals surface area contributed by atoms with Crippen LogP contribution in [-0.4, -0.2) is 36.4 Å². The molecule has 0 spiro atoms. The highest BCUT2D eigenvalue weighted by atomic mass is 35.5. The summed E-state index contributed by atoms with van der Waals surface area (Å²) in [6.45, 7) is 1.69. The fourth-order valence-corrected chi connectivity index (χ4v) is 4.34. The molecule has 0 aromatic carbocycles. The van der Waals surface area contributed by atoms with Crippen LogP contribution >= 0.6 is 11.6 Å². The van der Waals surface area contributed by atoms with Gasteiger partial charge in [0.2, 0.25) is 0 Å². The molecule has 0 bridgehead atoms. The predicted octanol–water partition coefficient (Wildman–Crippen LogP) is 0.624. The lowest BCUT2D eigenvalue weighted by Crippen LogP contribution is -2.47. The second-order valence-corrected chi connectivity index (χ2v) is 7.51. The molecule has 6 nitrogen and oxygen atoms in total. The van der Waals surface area contributed by atoms with Gasteiger partial charge in [-0.3, -0.25) is 4.79 Å². The van der Waals surface area contributed by atoms with Crippen LogP contribution in [0.4, 0.5) is 5.82 Å². The highest BCUT2D eigenvalue weighted by Gasteiger charge is 2.40. The van der Waals surface area contributed by atoms with Crippen LogP contribution in [0, 0.1) is 0 Å². The number of amides is 1. The van der Waals surface area contributed by atoms with Crippen LogP contribution < -0.4 is 11.1 Å². The van der Waals surface area contributed by atoms with Crippen LogP contribution in [0.5, 0.6) is 0 Å². The molecule has 8 heteroatoms. The number of rotatable bonds is 2. The van der Waals surface area contributed by atoms with Crippen LogP contribution in [0.2, 0.25) is 5.02 Å². The summed E-state index contributed by atoms with van der Waals surface area (Å²) in [6, 6.07) is 2.97. The van der Waals surface area contributed by atoms with Crippen molar-refractivity contribution in [2.45, 2.75) is 18.9 Å². The van der Waals surface area contributed by atoms with E-state index in [4.69, 9.17) is 17.3 Å². The average molecular weight is 304 g/mol. The van der Waals surface area contributed by atoms with Gasteiger partial charge in [-0.15, -0.1) is 0 Å². The number of nitrogens with zero attached hydrogens (tertiary/aromatic N) is 1. The molecule has 3 N–H and O–H groups in total. The van der Waals surface area contributed by atoms with Crippen molar-refractivity contribution in [2.75, 3.05) is 17.2 Å². The molecule has 1 saturated heterocycles. The predicted molar refractivity (Wildman–Crippen MR) is 72.8 cm³/mol. The van der Waals surface area contributed by atoms with E-state index in [9.17, 15) is 13.2 Å². The van der Waals surface area contributed by atoms with Gasteiger partial charge in [0.1, 0.15) is 11.5 Å². The Labute approximate surface area is 116 Å². The van der Waals surface area contributed by atoms with Gasteiger partial charge in [-0.25, -0.2) is 13.4 Å². The Balaban J connectivity index is 2.20. The summed E-state index contributed by atoms with van der Waals surface area (Å²) in [5.41, 5.74) is 4.72. The molecule has 2 heterocycles. The topological polar surface area (TPSA) is 102 Å². The maximum atomic E-state index is 12.1. The molecule has 1 aromatic heterocycles. The highest BCUT2D eigenvalue weighted by molar-refractivity contribution is 7.91. The summed E-state index contributed by atoms with van der Waals surface area (Å²) in [5.74, 6) is -0.344. The van der Waals surface area contributed by atoms with Gasteiger partial charge >= 0.3 is 0 Å². The van der Waals surface area contributed by atoms with Crippen molar-refractivity contribution in [1.29, 1.82) is 0 Å². The van der Waals surface area contributed by atoms with E-state index in [2.05, 4.69) is 10.3 Å². The van der Waals surface area contributed by atoms with E-state index in [1.54, 1.807) is 6.92 Å². The molecular formula is C11H14ClN3O3S. The Kier molecular flexibility index (Phi) is 3.44. The Hall–Kier alpha value is -1.34. The Morgan fingerprint density at radius 2 is 2.21 bits per heavy atom. The van der Waals surface area contributed by atoms with Crippen molar-refractivity contribution in [1.82, 2.24) is 10.3 Å². The number of hydrogen-bond acceptors (Lipinski definition) is 5. The van der Waals surface area contributed by atoms with Gasteiger partial charge in [-0.05, 0) is 25.5 Å². The number of sulfone groups is 1. The minimum Gasteiger partial charge on any atom is -0.384 e. The lowest BCUT2D eigenvalue weighted by molar-refractivity contribution is 0.0910. The number of aromatic nitrogens is 1. The normalized spacial score (nSPS) is 25.2. The van der Waals surface area contributed by atoms with E-state index in [0.717, 1.165) is 0 Å². The number of halogens is 1. The van der Waals surface area contributed by atoms with Crippen LogP contribution in [-0.2, 0) is 9.84 Å². The molecule has 0 radical (unpaired) electrons.